The van der Waals surface area contributed by atoms with Crippen LogP contribution in [0.5, 0.6) is 0 Å². The fourth-order valence-corrected chi connectivity index (χ4v) is 10.3. The lowest BCUT2D eigenvalue weighted by molar-refractivity contribution is 0.660. The van der Waals surface area contributed by atoms with Crippen LogP contribution >= 0.6 is 0 Å². The Bertz CT molecular complexity index is 3130. The van der Waals surface area contributed by atoms with Crippen LogP contribution in [-0.2, 0) is 5.41 Å². The molecule has 3 aliphatic rings. The second-order valence-electron chi connectivity index (χ2n) is 16.0. The molecule has 1 heterocycles. The van der Waals surface area contributed by atoms with Gasteiger partial charge >= 0.3 is 0 Å². The highest BCUT2D eigenvalue weighted by atomic mass is 14.9. The minimum Gasteiger partial charge on any atom is -0.232 e. The second-order valence-corrected chi connectivity index (χ2v) is 16.0. The lowest BCUT2D eigenvalue weighted by atomic mass is 9.66. The van der Waals surface area contributed by atoms with Crippen molar-refractivity contribution < 1.29 is 0 Å². The fourth-order valence-electron chi connectivity index (χ4n) is 10.3. The van der Waals surface area contributed by atoms with Crippen LogP contribution in [-0.4, -0.2) is 9.97 Å². The normalized spacial score (nSPS) is 15.6. The second kappa shape index (κ2) is 13.3. The number of fused-ring (bicyclic) bond motifs is 10. The van der Waals surface area contributed by atoms with Crippen LogP contribution in [0.1, 0.15) is 40.4 Å². The minimum absolute atomic E-state index is 0.0471. The topological polar surface area (TPSA) is 25.8 Å². The van der Waals surface area contributed by atoms with Crippen LogP contribution in [0.2, 0.25) is 0 Å². The summed E-state index contributed by atoms with van der Waals surface area (Å²) in [6.45, 7) is 0. The molecule has 276 valence electrons. The zero-order chi connectivity index (χ0) is 38.9. The SMILES string of the molecule is C1=CC(c2nc(-c3ccccc3)cc(-c3cccc(-c4ccccc4)c3)n2)CC2=C1c1c(cc3ccccc3c1-c1ccccc1)C21c2ccccc2-c2ccccc21. The number of nitrogens with zero attached hydrogens (tertiary/aromatic N) is 2. The summed E-state index contributed by atoms with van der Waals surface area (Å²) in [5.74, 6) is 0.794. The molecule has 0 amide bonds. The van der Waals surface area contributed by atoms with Crippen LogP contribution in [0.4, 0.5) is 0 Å². The monoisotopic (exact) mass is 750 g/mol. The predicted molar refractivity (Wildman–Crippen MR) is 243 cm³/mol. The Kier molecular flexibility index (Phi) is 7.61. The standard InChI is InChI=1S/C57H38N2/c1-4-17-37(18-5-1)40-24-16-25-42(33-40)53-36-52(38-19-6-2-7-20-38)58-56(59-53)43-31-32-47-50(35-43)57(48-29-14-12-27-45(48)46-28-13-15-30-49(46)57)51-34-41-23-10-11-26-44(41)54(55(47)51)39-21-8-3-9-22-39/h1-34,36,43H,35H2. The molecule has 1 unspecified atom stereocenters. The van der Waals surface area contributed by atoms with Crippen molar-refractivity contribution in [2.24, 2.45) is 0 Å². The molecule has 8 aromatic carbocycles. The van der Waals surface area contributed by atoms with Gasteiger partial charge in [0, 0.05) is 17.0 Å². The molecule has 0 aliphatic heterocycles. The van der Waals surface area contributed by atoms with Crippen molar-refractivity contribution in [1.82, 2.24) is 9.97 Å². The van der Waals surface area contributed by atoms with Crippen molar-refractivity contribution in [3.8, 4) is 55.9 Å². The summed E-state index contributed by atoms with van der Waals surface area (Å²) in [6, 6.07) is 72.7. The van der Waals surface area contributed by atoms with E-state index >= 15 is 0 Å². The van der Waals surface area contributed by atoms with Gasteiger partial charge in [-0.3, -0.25) is 0 Å². The quantitative estimate of drug-likeness (QED) is 0.175. The molecule has 0 fully saturated rings. The van der Waals surface area contributed by atoms with Crippen molar-refractivity contribution in [2.45, 2.75) is 17.8 Å². The highest BCUT2D eigenvalue weighted by molar-refractivity contribution is 6.10. The van der Waals surface area contributed by atoms with Crippen LogP contribution in [0, 0.1) is 0 Å². The molecule has 3 aliphatic carbocycles. The summed E-state index contributed by atoms with van der Waals surface area (Å²) in [6.07, 6.45) is 5.58. The van der Waals surface area contributed by atoms with Gasteiger partial charge in [0.1, 0.15) is 5.82 Å². The summed E-state index contributed by atoms with van der Waals surface area (Å²) < 4.78 is 0. The lowest BCUT2D eigenvalue weighted by Gasteiger charge is -2.35. The molecule has 59 heavy (non-hydrogen) atoms. The molecule has 9 aromatic rings. The molecule has 0 saturated carbocycles. The smallest absolute Gasteiger partial charge is 0.136 e. The molecule has 12 rings (SSSR count). The largest absolute Gasteiger partial charge is 0.232 e. The van der Waals surface area contributed by atoms with Crippen molar-refractivity contribution in [1.29, 1.82) is 0 Å². The van der Waals surface area contributed by atoms with Gasteiger partial charge in [0.25, 0.3) is 0 Å². The fraction of sp³-hybridized carbons (Fsp3) is 0.0526. The molecular weight excluding hydrogens is 713 g/mol. The maximum absolute atomic E-state index is 5.48. The number of benzene rings is 8. The van der Waals surface area contributed by atoms with E-state index in [1.807, 2.05) is 0 Å². The zero-order valence-corrected chi connectivity index (χ0v) is 32.4. The molecule has 0 radical (unpaired) electrons. The van der Waals surface area contributed by atoms with Crippen LogP contribution in [0.25, 0.3) is 72.2 Å². The first-order valence-corrected chi connectivity index (χ1v) is 20.6. The van der Waals surface area contributed by atoms with Crippen molar-refractivity contribution in [3.05, 3.63) is 246 Å². The van der Waals surface area contributed by atoms with Gasteiger partial charge in [-0.05, 0) is 102 Å². The van der Waals surface area contributed by atoms with Gasteiger partial charge in [-0.25, -0.2) is 9.97 Å². The first kappa shape index (κ1) is 33.7. The van der Waals surface area contributed by atoms with Crippen LogP contribution < -0.4 is 0 Å². The maximum Gasteiger partial charge on any atom is 0.136 e. The molecule has 1 atom stereocenters. The highest BCUT2D eigenvalue weighted by Crippen LogP contribution is 2.66. The van der Waals surface area contributed by atoms with E-state index in [1.165, 1.54) is 77.6 Å². The summed E-state index contributed by atoms with van der Waals surface area (Å²) >= 11 is 0. The Morgan fingerprint density at radius 3 is 1.69 bits per heavy atom. The minimum atomic E-state index is -0.474. The summed E-state index contributed by atoms with van der Waals surface area (Å²) in [4.78, 5) is 10.9. The third kappa shape index (κ3) is 5.13. The Labute approximate surface area is 344 Å². The number of hydrogen-bond acceptors (Lipinski definition) is 2. The van der Waals surface area contributed by atoms with Gasteiger partial charge in [-0.2, -0.15) is 0 Å². The zero-order valence-electron chi connectivity index (χ0n) is 32.4. The molecule has 0 N–H and O–H groups in total. The highest BCUT2D eigenvalue weighted by Gasteiger charge is 2.54. The average molecular weight is 751 g/mol. The maximum atomic E-state index is 5.48. The molecule has 2 nitrogen and oxygen atoms in total. The van der Waals surface area contributed by atoms with Gasteiger partial charge < -0.3 is 0 Å². The van der Waals surface area contributed by atoms with Gasteiger partial charge in [0.2, 0.25) is 0 Å². The van der Waals surface area contributed by atoms with E-state index in [0.29, 0.717) is 0 Å². The van der Waals surface area contributed by atoms with E-state index in [0.717, 1.165) is 34.8 Å². The van der Waals surface area contributed by atoms with E-state index in [2.05, 4.69) is 212 Å². The van der Waals surface area contributed by atoms with Crippen LogP contribution in [0.3, 0.4) is 0 Å². The number of rotatable bonds is 5. The van der Waals surface area contributed by atoms with Gasteiger partial charge in [-0.15, -0.1) is 0 Å². The lowest BCUT2D eigenvalue weighted by Crippen LogP contribution is -2.29. The number of allylic oxidation sites excluding steroid dienone is 4. The third-order valence-electron chi connectivity index (χ3n) is 12.8. The van der Waals surface area contributed by atoms with Gasteiger partial charge in [0.05, 0.1) is 16.8 Å². The number of aromatic nitrogens is 2. The molecule has 1 spiro atoms. The Morgan fingerprint density at radius 2 is 0.983 bits per heavy atom. The van der Waals surface area contributed by atoms with E-state index in [9.17, 15) is 0 Å². The Morgan fingerprint density at radius 1 is 0.424 bits per heavy atom. The summed E-state index contributed by atoms with van der Waals surface area (Å²) in [5, 5.41) is 2.53. The van der Waals surface area contributed by atoms with Gasteiger partial charge in [-0.1, -0.05) is 194 Å². The Balaban J connectivity index is 1.09. The molecule has 1 aromatic heterocycles. The Hall–Kier alpha value is -7.42. The van der Waals surface area contributed by atoms with Crippen molar-refractivity contribution in [3.63, 3.8) is 0 Å². The summed E-state index contributed by atoms with van der Waals surface area (Å²) in [5.41, 5.74) is 19.2. The van der Waals surface area contributed by atoms with Crippen molar-refractivity contribution in [2.75, 3.05) is 0 Å². The third-order valence-corrected chi connectivity index (χ3v) is 12.8. The first-order chi connectivity index (χ1) is 29.3. The molecule has 0 bridgehead atoms. The predicted octanol–water partition coefficient (Wildman–Crippen LogP) is 14.1. The molecule has 2 heteroatoms. The molecule has 0 saturated heterocycles. The van der Waals surface area contributed by atoms with Crippen LogP contribution in [0.15, 0.2) is 218 Å². The van der Waals surface area contributed by atoms with Gasteiger partial charge in [0.15, 0.2) is 0 Å². The van der Waals surface area contributed by atoms with E-state index < -0.39 is 5.41 Å². The van der Waals surface area contributed by atoms with E-state index in [4.69, 9.17) is 9.97 Å². The molecular formula is C57H38N2. The first-order valence-electron chi connectivity index (χ1n) is 20.6. The van der Waals surface area contributed by atoms with E-state index in [1.54, 1.807) is 0 Å². The van der Waals surface area contributed by atoms with E-state index in [-0.39, 0.29) is 5.92 Å². The van der Waals surface area contributed by atoms with Crippen molar-refractivity contribution >= 4 is 16.3 Å². The number of hydrogen-bond donors (Lipinski definition) is 0. The average Bonchev–Trinajstić information content (AvgIpc) is 3.78. The summed E-state index contributed by atoms with van der Waals surface area (Å²) in [7, 11) is 0.